The van der Waals surface area contributed by atoms with Gasteiger partial charge in [-0.2, -0.15) is 0 Å². The normalized spacial score (nSPS) is 9.96. The number of thiophene rings is 1. The fraction of sp³-hybridized carbons (Fsp3) is 0.176. The Morgan fingerprint density at radius 1 is 1.04 bits per heavy atom. The van der Waals surface area contributed by atoms with Gasteiger partial charge in [0.25, 0.3) is 11.8 Å². The molecular formula is C17H17N3O6S. The van der Waals surface area contributed by atoms with Gasteiger partial charge in [0.1, 0.15) is 5.00 Å². The van der Waals surface area contributed by atoms with Gasteiger partial charge in [0, 0.05) is 5.69 Å². The van der Waals surface area contributed by atoms with E-state index >= 15 is 0 Å². The highest BCUT2D eigenvalue weighted by atomic mass is 32.1. The van der Waals surface area contributed by atoms with Gasteiger partial charge < -0.3 is 20.5 Å². The van der Waals surface area contributed by atoms with E-state index in [0.29, 0.717) is 5.69 Å². The molecule has 0 atom stereocenters. The number of rotatable bonds is 7. The standard InChI is InChI=1S/C17H17N3O6S/c1-2-25-17(24)19-11-5-3-10(4-6-11)16(23)26-9-13(21)20-15-12(14(18)22)7-8-27-15/h3-8H,2,9H2,1H3,(H2,18,22)(H,19,24)(H,20,21). The lowest BCUT2D eigenvalue weighted by Crippen LogP contribution is -2.22. The molecule has 0 saturated heterocycles. The predicted octanol–water partition coefficient (Wildman–Crippen LogP) is 2.21. The van der Waals surface area contributed by atoms with Crippen LogP contribution in [0.25, 0.3) is 0 Å². The van der Waals surface area contributed by atoms with E-state index in [1.54, 1.807) is 12.3 Å². The quantitative estimate of drug-likeness (QED) is 0.619. The van der Waals surface area contributed by atoms with E-state index in [4.69, 9.17) is 15.2 Å². The highest BCUT2D eigenvalue weighted by molar-refractivity contribution is 7.14. The van der Waals surface area contributed by atoms with Crippen molar-refractivity contribution in [2.24, 2.45) is 5.73 Å². The summed E-state index contributed by atoms with van der Waals surface area (Å²) in [6, 6.07) is 7.36. The number of carbonyl (C=O) groups is 4. The summed E-state index contributed by atoms with van der Waals surface area (Å²) in [6.07, 6.45) is -0.603. The lowest BCUT2D eigenvalue weighted by molar-refractivity contribution is -0.119. The number of hydrogen-bond acceptors (Lipinski definition) is 7. The van der Waals surface area contributed by atoms with Gasteiger partial charge >= 0.3 is 12.1 Å². The third-order valence-corrected chi connectivity index (χ3v) is 3.99. The lowest BCUT2D eigenvalue weighted by Gasteiger charge is -2.08. The third-order valence-electron chi connectivity index (χ3n) is 3.16. The monoisotopic (exact) mass is 391 g/mol. The Kier molecular flexibility index (Phi) is 6.89. The molecule has 3 amide bonds. The maximum atomic E-state index is 12.0. The van der Waals surface area contributed by atoms with Gasteiger partial charge in [0.05, 0.1) is 17.7 Å². The predicted molar refractivity (Wildman–Crippen MR) is 98.8 cm³/mol. The van der Waals surface area contributed by atoms with E-state index in [1.165, 1.54) is 30.3 Å². The molecule has 142 valence electrons. The van der Waals surface area contributed by atoms with Crippen LogP contribution in [0.1, 0.15) is 27.6 Å². The van der Waals surface area contributed by atoms with Crippen LogP contribution in [0.5, 0.6) is 0 Å². The van der Waals surface area contributed by atoms with Crippen LogP contribution in [-0.2, 0) is 14.3 Å². The number of carbonyl (C=O) groups excluding carboxylic acids is 4. The van der Waals surface area contributed by atoms with E-state index in [-0.39, 0.29) is 22.7 Å². The molecule has 0 spiro atoms. The zero-order chi connectivity index (χ0) is 19.8. The van der Waals surface area contributed by atoms with E-state index in [9.17, 15) is 19.2 Å². The molecule has 27 heavy (non-hydrogen) atoms. The van der Waals surface area contributed by atoms with Crippen LogP contribution in [0, 0.1) is 0 Å². The van der Waals surface area contributed by atoms with Crippen molar-refractivity contribution >= 4 is 45.9 Å². The second kappa shape index (κ2) is 9.34. The van der Waals surface area contributed by atoms with E-state index < -0.39 is 30.5 Å². The van der Waals surface area contributed by atoms with E-state index in [2.05, 4.69) is 10.6 Å². The zero-order valence-electron chi connectivity index (χ0n) is 14.3. The Hall–Kier alpha value is -3.40. The number of esters is 1. The van der Waals surface area contributed by atoms with Gasteiger partial charge in [-0.05, 0) is 42.6 Å². The Labute approximate surface area is 158 Å². The Bertz CT molecular complexity index is 847. The summed E-state index contributed by atoms with van der Waals surface area (Å²) in [5.74, 6) is -1.98. The highest BCUT2D eigenvalue weighted by Crippen LogP contribution is 2.22. The van der Waals surface area contributed by atoms with Gasteiger partial charge in [-0.3, -0.25) is 14.9 Å². The highest BCUT2D eigenvalue weighted by Gasteiger charge is 2.15. The van der Waals surface area contributed by atoms with Gasteiger partial charge in [0.15, 0.2) is 6.61 Å². The lowest BCUT2D eigenvalue weighted by atomic mass is 10.2. The van der Waals surface area contributed by atoms with Gasteiger partial charge in [0.2, 0.25) is 0 Å². The largest absolute Gasteiger partial charge is 0.452 e. The van der Waals surface area contributed by atoms with Crippen LogP contribution in [0.2, 0.25) is 0 Å². The summed E-state index contributed by atoms with van der Waals surface area (Å²) in [4.78, 5) is 46.4. The van der Waals surface area contributed by atoms with Gasteiger partial charge in [-0.25, -0.2) is 9.59 Å². The second-order valence-corrected chi connectivity index (χ2v) is 5.99. The number of benzene rings is 1. The van der Waals surface area contributed by atoms with Gasteiger partial charge in [-0.15, -0.1) is 11.3 Å². The van der Waals surface area contributed by atoms with Crippen molar-refractivity contribution in [1.29, 1.82) is 0 Å². The topological polar surface area (TPSA) is 137 Å². The summed E-state index contributed by atoms with van der Waals surface area (Å²) in [5.41, 5.74) is 6.02. The molecule has 0 aliphatic heterocycles. The molecule has 0 unspecified atom stereocenters. The summed E-state index contributed by atoms with van der Waals surface area (Å²) in [7, 11) is 0. The summed E-state index contributed by atoms with van der Waals surface area (Å²) >= 11 is 1.13. The molecule has 1 heterocycles. The summed E-state index contributed by atoms with van der Waals surface area (Å²) in [5, 5.41) is 6.84. The number of anilines is 2. The SMILES string of the molecule is CCOC(=O)Nc1ccc(C(=O)OCC(=O)Nc2sccc2C(N)=O)cc1. The second-order valence-electron chi connectivity index (χ2n) is 5.07. The van der Waals surface area contributed by atoms with Crippen molar-refractivity contribution in [2.45, 2.75) is 6.92 Å². The number of nitrogens with one attached hydrogen (secondary N) is 2. The molecule has 0 saturated carbocycles. The first-order chi connectivity index (χ1) is 12.9. The maximum absolute atomic E-state index is 12.0. The number of amides is 3. The number of primary amides is 1. The Morgan fingerprint density at radius 3 is 2.37 bits per heavy atom. The number of hydrogen-bond donors (Lipinski definition) is 3. The molecular weight excluding hydrogens is 374 g/mol. The number of nitrogens with two attached hydrogens (primary N) is 1. The fourth-order valence-electron chi connectivity index (χ4n) is 1.95. The first kappa shape index (κ1) is 19.9. The molecule has 0 radical (unpaired) electrons. The first-order valence-corrected chi connectivity index (χ1v) is 8.66. The molecule has 9 nitrogen and oxygen atoms in total. The molecule has 0 bridgehead atoms. The Balaban J connectivity index is 1.86. The summed E-state index contributed by atoms with van der Waals surface area (Å²) < 4.78 is 9.66. The minimum Gasteiger partial charge on any atom is -0.452 e. The van der Waals surface area contributed by atoms with Crippen LogP contribution in [-0.4, -0.2) is 37.1 Å². The fourth-order valence-corrected chi connectivity index (χ4v) is 2.76. The molecule has 2 rings (SSSR count). The first-order valence-electron chi connectivity index (χ1n) is 7.78. The van der Waals surface area contributed by atoms with Crippen LogP contribution in [0.15, 0.2) is 35.7 Å². The molecule has 10 heteroatoms. The van der Waals surface area contributed by atoms with Crippen molar-refractivity contribution in [3.05, 3.63) is 46.8 Å². The van der Waals surface area contributed by atoms with Crippen molar-refractivity contribution in [2.75, 3.05) is 23.8 Å². The van der Waals surface area contributed by atoms with Crippen molar-refractivity contribution in [3.63, 3.8) is 0 Å². The van der Waals surface area contributed by atoms with Crippen LogP contribution in [0.3, 0.4) is 0 Å². The zero-order valence-corrected chi connectivity index (χ0v) is 15.1. The van der Waals surface area contributed by atoms with Crippen LogP contribution < -0.4 is 16.4 Å². The smallest absolute Gasteiger partial charge is 0.411 e. The summed E-state index contributed by atoms with van der Waals surface area (Å²) in [6.45, 7) is 1.39. The van der Waals surface area contributed by atoms with Crippen LogP contribution in [0.4, 0.5) is 15.5 Å². The van der Waals surface area contributed by atoms with Crippen molar-refractivity contribution in [1.82, 2.24) is 0 Å². The molecule has 4 N–H and O–H groups in total. The minimum absolute atomic E-state index is 0.185. The van der Waals surface area contributed by atoms with E-state index in [0.717, 1.165) is 11.3 Å². The third kappa shape index (κ3) is 5.82. The van der Waals surface area contributed by atoms with Gasteiger partial charge in [-0.1, -0.05) is 0 Å². The Morgan fingerprint density at radius 2 is 1.74 bits per heavy atom. The van der Waals surface area contributed by atoms with Crippen molar-refractivity contribution < 1.29 is 28.7 Å². The van der Waals surface area contributed by atoms with Crippen molar-refractivity contribution in [3.8, 4) is 0 Å². The molecule has 1 aromatic heterocycles. The minimum atomic E-state index is -0.714. The number of ether oxygens (including phenoxy) is 2. The average Bonchev–Trinajstić information content (AvgIpc) is 3.09. The average molecular weight is 391 g/mol. The maximum Gasteiger partial charge on any atom is 0.411 e. The molecule has 2 aromatic rings. The van der Waals surface area contributed by atoms with Crippen LogP contribution >= 0.6 is 11.3 Å². The molecule has 0 aliphatic rings. The molecule has 0 aliphatic carbocycles. The molecule has 0 fully saturated rings. The molecule has 1 aromatic carbocycles. The van der Waals surface area contributed by atoms with E-state index in [1.807, 2.05) is 0 Å².